The Morgan fingerprint density at radius 1 is 0.756 bits per heavy atom. The highest BCUT2D eigenvalue weighted by atomic mass is 32.2. The quantitative estimate of drug-likeness (QED) is 0.0420. The van der Waals surface area contributed by atoms with E-state index in [1.165, 1.54) is 103 Å². The van der Waals surface area contributed by atoms with Crippen molar-refractivity contribution in [3.63, 3.8) is 0 Å². The first-order valence-electron chi connectivity index (χ1n) is 16.6. The lowest BCUT2D eigenvalue weighted by molar-refractivity contribution is -0.890. The molecule has 0 aromatic rings. The Morgan fingerprint density at radius 2 is 1.20 bits per heavy atom. The zero-order valence-corrected chi connectivity index (χ0v) is 28.5. The van der Waals surface area contributed by atoms with Crippen LogP contribution in [0.25, 0.3) is 0 Å². The molecule has 1 aliphatic heterocycles. The van der Waals surface area contributed by atoms with Gasteiger partial charge in [-0.2, -0.15) is 8.42 Å². The van der Waals surface area contributed by atoms with Crippen LogP contribution in [0.4, 0.5) is 0 Å². The summed E-state index contributed by atoms with van der Waals surface area (Å²) in [7, 11) is -2.82. The van der Waals surface area contributed by atoms with Gasteiger partial charge >= 0.3 is 8.80 Å². The summed E-state index contributed by atoms with van der Waals surface area (Å²) < 4.78 is 43.0. The van der Waals surface area contributed by atoms with Gasteiger partial charge in [0, 0.05) is 12.5 Å². The van der Waals surface area contributed by atoms with E-state index in [0.29, 0.717) is 6.04 Å². The first-order chi connectivity index (χ1) is 19.4. The van der Waals surface area contributed by atoms with Gasteiger partial charge in [0.1, 0.15) is 0 Å². The van der Waals surface area contributed by atoms with Crippen LogP contribution in [-0.4, -0.2) is 101 Å². The van der Waals surface area contributed by atoms with Crippen LogP contribution in [-0.2, 0) is 19.0 Å². The number of rotatable bonds is 27. The van der Waals surface area contributed by atoms with E-state index in [0.717, 1.165) is 24.0 Å². The van der Waals surface area contributed by atoms with Gasteiger partial charge in [0.15, 0.2) is 0 Å². The number of hydrogen-bond acceptors (Lipinski definition) is 7. The number of unbranched alkanes of at least 4 members (excludes halogenated alkanes) is 15. The fraction of sp³-hybridized carbons (Fsp3) is 1.00. The number of quaternary nitrogens is 1. The van der Waals surface area contributed by atoms with Crippen LogP contribution in [0, 0.1) is 0 Å². The normalized spacial score (nSPS) is 21.9. The van der Waals surface area contributed by atoms with E-state index in [1.54, 1.807) is 0 Å². The summed E-state index contributed by atoms with van der Waals surface area (Å²) in [6.45, 7) is 4.58. The minimum Gasteiger partial charge on any atom is -0.394 e. The Bertz CT molecular complexity index is 747. The zero-order valence-electron chi connectivity index (χ0n) is 26.7. The van der Waals surface area contributed by atoms with E-state index in [1.807, 2.05) is 0 Å². The van der Waals surface area contributed by atoms with Crippen molar-refractivity contribution in [1.82, 2.24) is 5.32 Å². The molecule has 0 saturated carbocycles. The van der Waals surface area contributed by atoms with Crippen molar-refractivity contribution in [2.24, 2.45) is 0 Å². The van der Waals surface area contributed by atoms with Crippen molar-refractivity contribution in [2.45, 2.75) is 134 Å². The van der Waals surface area contributed by atoms with Gasteiger partial charge in [-0.05, 0) is 25.8 Å². The number of aliphatic hydroxyl groups excluding tert-OH is 1. The van der Waals surface area contributed by atoms with Crippen LogP contribution >= 0.6 is 0 Å². The fourth-order valence-corrected chi connectivity index (χ4v) is 8.01. The topological polar surface area (TPSA) is 125 Å². The van der Waals surface area contributed by atoms with Crippen molar-refractivity contribution < 1.29 is 36.2 Å². The molecule has 0 aliphatic carbocycles. The zero-order chi connectivity index (χ0) is 30.5. The molecular weight excluding hydrogens is 560 g/mol. The van der Waals surface area contributed by atoms with E-state index in [2.05, 4.69) is 26.3 Å². The molecule has 1 saturated heterocycles. The molecule has 0 bridgehead atoms. The molecule has 0 unspecified atom stereocenters. The molecule has 0 aromatic carbocycles. The van der Waals surface area contributed by atoms with Crippen LogP contribution in [0.2, 0.25) is 6.04 Å². The summed E-state index contributed by atoms with van der Waals surface area (Å²) in [6.07, 6.45) is 23.0. The standard InChI is InChI=1S/C30H64N2O7SSi/c1-4-5-6-7-8-9-10-11-12-13-14-15-16-17-18-19-23-32(2,3)24-21-26-41(37)38-28-30(27-33,29-39-41)31-22-20-25-40(34,35)36/h31,33,37H,4-29H2,1-3H3/p+1. The van der Waals surface area contributed by atoms with Gasteiger partial charge in [0.25, 0.3) is 10.1 Å². The Balaban J connectivity index is 2.05. The smallest absolute Gasteiger partial charge is 0.394 e. The molecule has 0 atom stereocenters. The molecule has 0 aromatic heterocycles. The number of nitrogens with one attached hydrogen (secondary N) is 1. The molecule has 41 heavy (non-hydrogen) atoms. The van der Waals surface area contributed by atoms with E-state index in [-0.39, 0.29) is 38.5 Å². The van der Waals surface area contributed by atoms with Gasteiger partial charge in [0.2, 0.25) is 0 Å². The lowest BCUT2D eigenvalue weighted by Gasteiger charge is -2.42. The summed E-state index contributed by atoms with van der Waals surface area (Å²) in [6, 6.07) is 0.484. The van der Waals surface area contributed by atoms with E-state index < -0.39 is 24.5 Å². The molecule has 9 nitrogen and oxygen atoms in total. The van der Waals surface area contributed by atoms with Crippen LogP contribution in [0.3, 0.4) is 0 Å². The van der Waals surface area contributed by atoms with Crippen LogP contribution in [0.1, 0.15) is 122 Å². The van der Waals surface area contributed by atoms with Gasteiger partial charge in [-0.3, -0.25) is 4.55 Å². The summed E-state index contributed by atoms with van der Waals surface area (Å²) in [4.78, 5) is 10.9. The third kappa shape index (κ3) is 20.5. The number of nitrogens with zero attached hydrogens (tertiary/aromatic N) is 1. The Kier molecular flexibility index (Phi) is 20.5. The van der Waals surface area contributed by atoms with Crippen LogP contribution in [0.15, 0.2) is 0 Å². The molecule has 0 spiro atoms. The second-order valence-electron chi connectivity index (χ2n) is 13.1. The predicted molar refractivity (Wildman–Crippen MR) is 170 cm³/mol. The minimum absolute atomic E-state index is 0.107. The van der Waals surface area contributed by atoms with E-state index in [9.17, 15) is 18.3 Å². The van der Waals surface area contributed by atoms with Gasteiger partial charge in [-0.1, -0.05) is 96.8 Å². The highest BCUT2D eigenvalue weighted by Crippen LogP contribution is 2.24. The van der Waals surface area contributed by atoms with Crippen LogP contribution in [0.5, 0.6) is 0 Å². The highest BCUT2D eigenvalue weighted by Gasteiger charge is 2.47. The average Bonchev–Trinajstić information content (AvgIpc) is 2.91. The maximum atomic E-state index is 10.9. The van der Waals surface area contributed by atoms with E-state index in [4.69, 9.17) is 13.4 Å². The molecular formula is C30H65N2O7SSi+. The molecule has 4 N–H and O–H groups in total. The van der Waals surface area contributed by atoms with Gasteiger partial charge in [-0.25, -0.2) is 0 Å². The summed E-state index contributed by atoms with van der Waals surface area (Å²) in [5.41, 5.74) is -0.874. The van der Waals surface area contributed by atoms with Gasteiger partial charge in [0.05, 0.1) is 58.3 Å². The van der Waals surface area contributed by atoms with Gasteiger partial charge < -0.3 is 28.6 Å². The summed E-state index contributed by atoms with van der Waals surface area (Å²) in [5.74, 6) is -0.352. The first-order valence-corrected chi connectivity index (χ1v) is 20.2. The van der Waals surface area contributed by atoms with Crippen LogP contribution < -0.4 is 5.32 Å². The molecule has 1 rings (SSSR count). The Morgan fingerprint density at radius 3 is 1.63 bits per heavy atom. The van der Waals surface area contributed by atoms with Crippen molar-refractivity contribution >= 4 is 18.9 Å². The molecule has 1 aliphatic rings. The summed E-state index contributed by atoms with van der Waals surface area (Å²) >= 11 is 0. The molecule has 246 valence electrons. The third-order valence-electron chi connectivity index (χ3n) is 8.40. The third-order valence-corrected chi connectivity index (χ3v) is 11.4. The first kappa shape index (κ1) is 38.9. The maximum Gasteiger partial charge on any atom is 0.498 e. The fourth-order valence-electron chi connectivity index (χ4n) is 5.52. The largest absolute Gasteiger partial charge is 0.498 e. The number of hydrogen-bond donors (Lipinski definition) is 4. The minimum atomic E-state index is -4.01. The maximum absolute atomic E-state index is 10.9. The van der Waals surface area contributed by atoms with Crippen molar-refractivity contribution in [3.8, 4) is 0 Å². The van der Waals surface area contributed by atoms with E-state index >= 15 is 0 Å². The lowest BCUT2D eigenvalue weighted by Crippen LogP contribution is -2.65. The average molecular weight is 626 g/mol. The molecule has 11 heteroatoms. The monoisotopic (exact) mass is 625 g/mol. The second kappa shape index (κ2) is 21.6. The lowest BCUT2D eigenvalue weighted by atomic mass is 10.0. The second-order valence-corrected chi connectivity index (χ2v) is 17.2. The molecule has 1 heterocycles. The van der Waals surface area contributed by atoms with Crippen molar-refractivity contribution in [1.29, 1.82) is 0 Å². The van der Waals surface area contributed by atoms with Crippen molar-refractivity contribution in [3.05, 3.63) is 0 Å². The molecule has 1 fully saturated rings. The highest BCUT2D eigenvalue weighted by molar-refractivity contribution is 7.85. The summed E-state index contributed by atoms with van der Waals surface area (Å²) in [5, 5.41) is 12.9. The predicted octanol–water partition coefficient (Wildman–Crippen LogP) is 5.29. The van der Waals surface area contributed by atoms with Gasteiger partial charge in [-0.15, -0.1) is 0 Å². The Hall–Kier alpha value is -0.113. The molecule has 0 amide bonds. The Labute approximate surface area is 253 Å². The van der Waals surface area contributed by atoms with Crippen molar-refractivity contribution in [2.75, 3.05) is 59.3 Å². The number of aliphatic hydroxyl groups is 1. The SMILES string of the molecule is CCCCCCCCCCCCCCCCCC[N+](C)(C)CCC[Si]1(O)OCC(CO)(NCCCS(=O)(=O)O)CO1. The molecule has 0 radical (unpaired) electrons.